The zero-order valence-corrected chi connectivity index (χ0v) is 23.9. The predicted molar refractivity (Wildman–Crippen MR) is 165 cm³/mol. The average Bonchev–Trinajstić information content (AvgIpc) is 2.84. The van der Waals surface area contributed by atoms with Crippen LogP contribution in [-0.4, -0.2) is 3.92 Å². The Morgan fingerprint density at radius 3 is 1.41 bits per heavy atom. The second kappa shape index (κ2) is 13.4. The molecule has 0 aliphatic heterocycles. The lowest BCUT2D eigenvalue weighted by Gasteiger charge is -2.28. The number of hydrogen-bond acceptors (Lipinski definition) is 0. The second-order valence-corrected chi connectivity index (χ2v) is 11.9. The number of alkyl halides is 1. The maximum absolute atomic E-state index is 2.49. The van der Waals surface area contributed by atoms with Crippen molar-refractivity contribution in [1.29, 1.82) is 0 Å². The van der Waals surface area contributed by atoms with Crippen molar-refractivity contribution in [3.8, 4) is 22.3 Å². The van der Waals surface area contributed by atoms with Gasteiger partial charge in [0.15, 0.2) is 0 Å². The minimum atomic E-state index is 0.802. The Labute approximate surface area is 232 Å². The van der Waals surface area contributed by atoms with Gasteiger partial charge in [0.25, 0.3) is 0 Å². The monoisotopic (exact) mass is 670 g/mol. The second-order valence-electron chi connectivity index (χ2n) is 8.96. The van der Waals surface area contributed by atoms with Gasteiger partial charge in [-0.25, -0.2) is 0 Å². The highest BCUT2D eigenvalue weighted by atomic mass is 127. The standard InChI is InChI=1S/C16H16.C12H9I.C4H7I/c1-2-7-13(8-3-1)15-11-4-5-12-16(15)14-9-6-10-14;13-12-9-5-4-8-11(12)10-6-2-1-3-7-10;5-4-2-1-3-4/h1-5,7-8,11-12,14H,6,9-10H2;1-9H;4H,1-3H2. The molecule has 0 bridgehead atoms. The van der Waals surface area contributed by atoms with Crippen LogP contribution in [0.15, 0.2) is 109 Å². The van der Waals surface area contributed by atoms with Crippen molar-refractivity contribution in [2.75, 3.05) is 0 Å². The van der Waals surface area contributed by atoms with E-state index < -0.39 is 0 Å². The minimum Gasteiger partial charge on any atom is -0.0826 e. The van der Waals surface area contributed by atoms with Crippen LogP contribution >= 0.6 is 45.2 Å². The SMILES string of the molecule is IC1CCC1.Ic1ccccc1-c1ccccc1.c1ccc(-c2ccccc2C2CCC2)cc1. The number of hydrogen-bond donors (Lipinski definition) is 0. The molecule has 2 aliphatic carbocycles. The van der Waals surface area contributed by atoms with Crippen LogP contribution in [-0.2, 0) is 0 Å². The molecule has 174 valence electrons. The van der Waals surface area contributed by atoms with Gasteiger partial charge in [0, 0.05) is 7.49 Å². The van der Waals surface area contributed by atoms with Crippen LogP contribution in [0.25, 0.3) is 22.3 Å². The molecule has 2 fully saturated rings. The summed E-state index contributed by atoms with van der Waals surface area (Å²) < 4.78 is 2.33. The van der Waals surface area contributed by atoms with Gasteiger partial charge >= 0.3 is 0 Å². The molecule has 0 heterocycles. The first-order chi connectivity index (χ1) is 16.7. The zero-order valence-electron chi connectivity index (χ0n) is 19.5. The van der Waals surface area contributed by atoms with Gasteiger partial charge in [-0.2, -0.15) is 0 Å². The molecule has 0 N–H and O–H groups in total. The molecule has 2 aliphatic rings. The fraction of sp³-hybridized carbons (Fsp3) is 0.250. The zero-order chi connectivity index (χ0) is 23.6. The van der Waals surface area contributed by atoms with E-state index >= 15 is 0 Å². The van der Waals surface area contributed by atoms with E-state index in [1.807, 2.05) is 6.07 Å². The van der Waals surface area contributed by atoms with Crippen molar-refractivity contribution in [2.24, 2.45) is 0 Å². The Hall–Kier alpha value is -1.66. The van der Waals surface area contributed by atoms with E-state index in [1.54, 1.807) is 5.56 Å². The Morgan fingerprint density at radius 1 is 0.500 bits per heavy atom. The van der Waals surface area contributed by atoms with E-state index in [9.17, 15) is 0 Å². The Balaban J connectivity index is 0.000000136. The molecule has 6 rings (SSSR count). The summed E-state index contributed by atoms with van der Waals surface area (Å²) in [6, 6.07) is 38.5. The molecule has 0 aromatic heterocycles. The lowest BCUT2D eigenvalue weighted by atomic mass is 9.77. The van der Waals surface area contributed by atoms with Crippen molar-refractivity contribution < 1.29 is 0 Å². The molecule has 0 spiro atoms. The van der Waals surface area contributed by atoms with Gasteiger partial charge in [-0.05, 0) is 88.1 Å². The van der Waals surface area contributed by atoms with Gasteiger partial charge < -0.3 is 0 Å². The van der Waals surface area contributed by atoms with Crippen molar-refractivity contribution in [2.45, 2.75) is 48.4 Å². The summed E-state index contributed by atoms with van der Waals surface area (Å²) in [5.74, 6) is 0.802. The molecule has 2 heteroatoms. The summed E-state index contributed by atoms with van der Waals surface area (Å²) in [6.45, 7) is 0. The van der Waals surface area contributed by atoms with Crippen molar-refractivity contribution >= 4 is 45.2 Å². The quantitative estimate of drug-likeness (QED) is 0.150. The molecule has 0 atom stereocenters. The highest BCUT2D eigenvalue weighted by molar-refractivity contribution is 14.1. The minimum absolute atomic E-state index is 0.802. The summed E-state index contributed by atoms with van der Waals surface area (Å²) in [5.41, 5.74) is 6.91. The van der Waals surface area contributed by atoms with Crippen LogP contribution in [0.4, 0.5) is 0 Å². The fourth-order valence-corrected chi connectivity index (χ4v) is 5.70. The van der Waals surface area contributed by atoms with Crippen molar-refractivity contribution in [3.63, 3.8) is 0 Å². The fourth-order valence-electron chi connectivity index (χ4n) is 4.12. The van der Waals surface area contributed by atoms with E-state index in [1.165, 1.54) is 64.3 Å². The molecular formula is C32H32I2. The van der Waals surface area contributed by atoms with Gasteiger partial charge in [0.1, 0.15) is 0 Å². The van der Waals surface area contributed by atoms with E-state index in [-0.39, 0.29) is 0 Å². The van der Waals surface area contributed by atoms with E-state index in [0.29, 0.717) is 0 Å². The van der Waals surface area contributed by atoms with Gasteiger partial charge in [0.2, 0.25) is 0 Å². The summed E-state index contributed by atoms with van der Waals surface area (Å²) in [7, 11) is 0. The van der Waals surface area contributed by atoms with Gasteiger partial charge in [-0.1, -0.05) is 139 Å². The number of benzene rings is 4. The van der Waals surface area contributed by atoms with Crippen LogP contribution in [0.2, 0.25) is 0 Å². The first-order valence-corrected chi connectivity index (χ1v) is 14.6. The molecule has 34 heavy (non-hydrogen) atoms. The van der Waals surface area contributed by atoms with Gasteiger partial charge in [-0.15, -0.1) is 0 Å². The summed E-state index contributed by atoms with van der Waals surface area (Å²) in [5, 5.41) is 0. The Morgan fingerprint density at radius 2 is 0.941 bits per heavy atom. The van der Waals surface area contributed by atoms with E-state index in [4.69, 9.17) is 0 Å². The highest BCUT2D eigenvalue weighted by Gasteiger charge is 2.21. The van der Waals surface area contributed by atoms with Crippen LogP contribution in [0, 0.1) is 3.57 Å². The highest BCUT2D eigenvalue weighted by Crippen LogP contribution is 2.40. The first kappa shape index (κ1) is 25.4. The van der Waals surface area contributed by atoms with E-state index in [2.05, 4.69) is 148 Å². The van der Waals surface area contributed by atoms with E-state index in [0.717, 1.165) is 9.84 Å². The van der Waals surface area contributed by atoms with Crippen LogP contribution in [0.5, 0.6) is 0 Å². The van der Waals surface area contributed by atoms with Crippen LogP contribution in [0.1, 0.15) is 50.0 Å². The number of rotatable bonds is 3. The predicted octanol–water partition coefficient (Wildman–Crippen LogP) is 10.6. The molecule has 2 saturated carbocycles. The summed E-state index contributed by atoms with van der Waals surface area (Å²) >= 11 is 4.86. The van der Waals surface area contributed by atoms with Crippen molar-refractivity contribution in [3.05, 3.63) is 118 Å². The van der Waals surface area contributed by atoms with Crippen LogP contribution < -0.4 is 0 Å². The molecule has 4 aromatic rings. The maximum atomic E-state index is 2.49. The molecule has 0 saturated heterocycles. The molecule has 4 aromatic carbocycles. The Kier molecular flexibility index (Phi) is 10.0. The summed E-state index contributed by atoms with van der Waals surface area (Å²) in [6.07, 6.45) is 8.55. The third-order valence-electron chi connectivity index (χ3n) is 6.58. The Bertz CT molecular complexity index is 1130. The largest absolute Gasteiger partial charge is 0.0826 e. The lowest BCUT2D eigenvalue weighted by molar-refractivity contribution is 0.420. The topological polar surface area (TPSA) is 0 Å². The van der Waals surface area contributed by atoms with Gasteiger partial charge in [0.05, 0.1) is 0 Å². The van der Waals surface area contributed by atoms with Gasteiger partial charge in [-0.3, -0.25) is 0 Å². The number of halogens is 2. The molecule has 0 nitrogen and oxygen atoms in total. The molecule has 0 radical (unpaired) electrons. The first-order valence-electron chi connectivity index (χ1n) is 12.3. The van der Waals surface area contributed by atoms with Crippen LogP contribution in [0.3, 0.4) is 0 Å². The van der Waals surface area contributed by atoms with Crippen molar-refractivity contribution in [1.82, 2.24) is 0 Å². The summed E-state index contributed by atoms with van der Waals surface area (Å²) in [4.78, 5) is 0. The average molecular weight is 670 g/mol. The smallest absolute Gasteiger partial charge is 0.0208 e. The third kappa shape index (κ3) is 7.17. The maximum Gasteiger partial charge on any atom is 0.0208 e. The lowest BCUT2D eigenvalue weighted by Crippen LogP contribution is -2.09. The molecular weight excluding hydrogens is 638 g/mol. The molecule has 0 amide bonds. The third-order valence-corrected chi connectivity index (χ3v) is 8.77. The normalized spacial score (nSPS) is 15.0. The molecule has 0 unspecified atom stereocenters.